The van der Waals surface area contributed by atoms with Crippen LogP contribution in [0.15, 0.2) is 12.7 Å². The van der Waals surface area contributed by atoms with Crippen LogP contribution in [0.2, 0.25) is 0 Å². The first-order valence-corrected chi connectivity index (χ1v) is 4.63. The van der Waals surface area contributed by atoms with Crippen LogP contribution in [0.5, 0.6) is 0 Å². The van der Waals surface area contributed by atoms with Crippen molar-refractivity contribution in [1.29, 1.82) is 0 Å². The van der Waals surface area contributed by atoms with E-state index in [1.54, 1.807) is 0 Å². The summed E-state index contributed by atoms with van der Waals surface area (Å²) in [6.45, 7) is 6.44. The second kappa shape index (κ2) is 3.74. The highest BCUT2D eigenvalue weighted by Gasteiger charge is 2.41. The van der Waals surface area contributed by atoms with Crippen molar-refractivity contribution in [3.63, 3.8) is 0 Å². The van der Waals surface area contributed by atoms with Crippen LogP contribution < -0.4 is 5.32 Å². The molecule has 0 radical (unpaired) electrons. The van der Waals surface area contributed by atoms with Gasteiger partial charge in [-0.25, -0.2) is 0 Å². The Morgan fingerprint density at radius 1 is 1.67 bits per heavy atom. The molecule has 2 nitrogen and oxygen atoms in total. The van der Waals surface area contributed by atoms with E-state index in [1.807, 2.05) is 0 Å². The van der Waals surface area contributed by atoms with Crippen molar-refractivity contribution in [2.45, 2.75) is 32.6 Å². The van der Waals surface area contributed by atoms with E-state index in [4.69, 9.17) is 0 Å². The van der Waals surface area contributed by atoms with Crippen LogP contribution in [0.25, 0.3) is 0 Å². The highest BCUT2D eigenvalue weighted by atomic mass is 16.1. The van der Waals surface area contributed by atoms with Crippen molar-refractivity contribution in [2.75, 3.05) is 6.54 Å². The number of nitrogens with one attached hydrogen (secondary N) is 1. The Balaban J connectivity index is 2.22. The van der Waals surface area contributed by atoms with Gasteiger partial charge in [0.05, 0.1) is 0 Å². The molecule has 1 aliphatic carbocycles. The molecule has 2 heteroatoms. The lowest BCUT2D eigenvalue weighted by atomic mass is 10.0. The second-order valence-electron chi connectivity index (χ2n) is 3.67. The quantitative estimate of drug-likeness (QED) is 0.622. The van der Waals surface area contributed by atoms with E-state index in [1.165, 1.54) is 31.8 Å². The third-order valence-electron chi connectivity index (χ3n) is 2.56. The van der Waals surface area contributed by atoms with Crippen LogP contribution >= 0.6 is 0 Å². The number of hydrogen-bond acceptors (Lipinski definition) is 1. The Bertz CT molecular complexity index is 182. The van der Waals surface area contributed by atoms with Crippen LogP contribution in [0.1, 0.15) is 32.6 Å². The van der Waals surface area contributed by atoms with Gasteiger partial charge < -0.3 is 5.32 Å². The molecule has 0 aromatic heterocycles. The van der Waals surface area contributed by atoms with Gasteiger partial charge in [-0.15, -0.1) is 0 Å². The summed E-state index contributed by atoms with van der Waals surface area (Å²) >= 11 is 0. The van der Waals surface area contributed by atoms with Crippen molar-refractivity contribution in [1.82, 2.24) is 5.32 Å². The SMILES string of the molecule is C=CC(=O)NCC1(CCC)CC1. The highest BCUT2D eigenvalue weighted by Crippen LogP contribution is 2.48. The fraction of sp³-hybridized carbons (Fsp3) is 0.700. The minimum Gasteiger partial charge on any atom is -0.352 e. The molecule has 1 amide bonds. The smallest absolute Gasteiger partial charge is 0.243 e. The Morgan fingerprint density at radius 2 is 2.33 bits per heavy atom. The Morgan fingerprint density at radius 3 is 2.75 bits per heavy atom. The van der Waals surface area contributed by atoms with Gasteiger partial charge in [0.2, 0.25) is 5.91 Å². The molecule has 0 spiro atoms. The van der Waals surface area contributed by atoms with Gasteiger partial charge in [-0.2, -0.15) is 0 Å². The minimum atomic E-state index is -0.0441. The molecule has 0 bridgehead atoms. The summed E-state index contributed by atoms with van der Waals surface area (Å²) in [6, 6.07) is 0. The number of rotatable bonds is 5. The van der Waals surface area contributed by atoms with Crippen LogP contribution in [-0.2, 0) is 4.79 Å². The predicted octanol–water partition coefficient (Wildman–Crippen LogP) is 1.87. The van der Waals surface area contributed by atoms with E-state index in [9.17, 15) is 4.79 Å². The van der Waals surface area contributed by atoms with Gasteiger partial charge in [-0.05, 0) is 30.8 Å². The van der Waals surface area contributed by atoms with Crippen LogP contribution in [0.3, 0.4) is 0 Å². The van der Waals surface area contributed by atoms with Crippen LogP contribution in [0, 0.1) is 5.41 Å². The summed E-state index contributed by atoms with van der Waals surface area (Å²) in [4.78, 5) is 10.9. The number of hydrogen-bond donors (Lipinski definition) is 1. The van der Waals surface area contributed by atoms with E-state index in [-0.39, 0.29) is 5.91 Å². The summed E-state index contributed by atoms with van der Waals surface area (Å²) < 4.78 is 0. The number of amides is 1. The number of carbonyl (C=O) groups is 1. The van der Waals surface area contributed by atoms with Gasteiger partial charge in [-0.1, -0.05) is 19.9 Å². The zero-order valence-corrected chi connectivity index (χ0v) is 7.73. The van der Waals surface area contributed by atoms with Gasteiger partial charge in [0.15, 0.2) is 0 Å². The maximum absolute atomic E-state index is 10.9. The maximum Gasteiger partial charge on any atom is 0.243 e. The molecule has 1 fully saturated rings. The summed E-state index contributed by atoms with van der Waals surface area (Å²) in [6.07, 6.45) is 6.34. The Labute approximate surface area is 74.0 Å². The molecule has 1 N–H and O–H groups in total. The third kappa shape index (κ3) is 2.36. The van der Waals surface area contributed by atoms with Crippen molar-refractivity contribution >= 4 is 5.91 Å². The van der Waals surface area contributed by atoms with E-state index in [0.29, 0.717) is 5.41 Å². The van der Waals surface area contributed by atoms with Crippen LogP contribution in [-0.4, -0.2) is 12.5 Å². The minimum absolute atomic E-state index is 0.0441. The first-order chi connectivity index (χ1) is 5.72. The van der Waals surface area contributed by atoms with Gasteiger partial charge in [0.25, 0.3) is 0 Å². The average molecular weight is 167 g/mol. The molecule has 0 atom stereocenters. The van der Waals surface area contributed by atoms with Crippen LogP contribution in [0.4, 0.5) is 0 Å². The molecule has 1 rings (SSSR count). The first kappa shape index (κ1) is 9.30. The first-order valence-electron chi connectivity index (χ1n) is 4.63. The maximum atomic E-state index is 10.9. The topological polar surface area (TPSA) is 29.1 Å². The van der Waals surface area contributed by atoms with E-state index >= 15 is 0 Å². The Kier molecular flexibility index (Phi) is 2.90. The molecular formula is C10H17NO. The van der Waals surface area contributed by atoms with E-state index in [2.05, 4.69) is 18.8 Å². The lowest BCUT2D eigenvalue weighted by Gasteiger charge is -2.13. The fourth-order valence-corrected chi connectivity index (χ4v) is 1.57. The molecule has 0 aliphatic heterocycles. The fourth-order valence-electron chi connectivity index (χ4n) is 1.57. The van der Waals surface area contributed by atoms with Gasteiger partial charge >= 0.3 is 0 Å². The zero-order valence-electron chi connectivity index (χ0n) is 7.73. The van der Waals surface area contributed by atoms with Gasteiger partial charge in [-0.3, -0.25) is 4.79 Å². The molecule has 0 heterocycles. The molecular weight excluding hydrogens is 150 g/mol. The lowest BCUT2D eigenvalue weighted by Crippen LogP contribution is -2.28. The summed E-state index contributed by atoms with van der Waals surface area (Å²) in [5, 5.41) is 2.86. The molecule has 1 saturated carbocycles. The Hall–Kier alpha value is -0.790. The van der Waals surface area contributed by atoms with Gasteiger partial charge in [0.1, 0.15) is 0 Å². The van der Waals surface area contributed by atoms with Gasteiger partial charge in [0, 0.05) is 6.54 Å². The normalized spacial score (nSPS) is 18.4. The molecule has 12 heavy (non-hydrogen) atoms. The molecule has 0 saturated heterocycles. The average Bonchev–Trinajstić information content (AvgIpc) is 2.82. The highest BCUT2D eigenvalue weighted by molar-refractivity contribution is 5.86. The largest absolute Gasteiger partial charge is 0.352 e. The third-order valence-corrected chi connectivity index (χ3v) is 2.56. The van der Waals surface area contributed by atoms with E-state index < -0.39 is 0 Å². The van der Waals surface area contributed by atoms with Crippen molar-refractivity contribution in [3.8, 4) is 0 Å². The van der Waals surface area contributed by atoms with E-state index in [0.717, 1.165) is 6.54 Å². The molecule has 0 aromatic carbocycles. The standard InChI is InChI=1S/C10H17NO/c1-3-5-10(6-7-10)8-11-9(12)4-2/h4H,2-3,5-8H2,1H3,(H,11,12). The second-order valence-corrected chi connectivity index (χ2v) is 3.67. The molecule has 1 aliphatic rings. The van der Waals surface area contributed by atoms with Crippen molar-refractivity contribution in [2.24, 2.45) is 5.41 Å². The lowest BCUT2D eigenvalue weighted by molar-refractivity contribution is -0.116. The molecule has 0 aromatic rings. The predicted molar refractivity (Wildman–Crippen MR) is 49.8 cm³/mol. The van der Waals surface area contributed by atoms with Crippen molar-refractivity contribution in [3.05, 3.63) is 12.7 Å². The summed E-state index contributed by atoms with van der Waals surface area (Å²) in [5.74, 6) is -0.0441. The summed E-state index contributed by atoms with van der Waals surface area (Å²) in [5.41, 5.74) is 0.452. The molecule has 0 unspecified atom stereocenters. The molecule has 68 valence electrons. The summed E-state index contributed by atoms with van der Waals surface area (Å²) in [7, 11) is 0. The zero-order chi connectivity index (χ0) is 9.03. The van der Waals surface area contributed by atoms with Crippen molar-refractivity contribution < 1.29 is 4.79 Å². The monoisotopic (exact) mass is 167 g/mol. The number of carbonyl (C=O) groups excluding carboxylic acids is 1.